The molecule has 0 aromatic carbocycles. The largest absolute Gasteiger partial charge is 0.372 e. The molecule has 2 rings (SSSR count). The Balaban J connectivity index is 2.36. The van der Waals surface area contributed by atoms with E-state index in [1.165, 1.54) is 11.8 Å². The number of aryl methyl sites for hydroxylation is 1. The van der Waals surface area contributed by atoms with Crippen molar-refractivity contribution >= 4 is 40.8 Å². The van der Waals surface area contributed by atoms with Crippen molar-refractivity contribution in [2.24, 2.45) is 7.05 Å². The van der Waals surface area contributed by atoms with Gasteiger partial charge >= 0.3 is 0 Å². The lowest BCUT2D eigenvalue weighted by Gasteiger charge is -2.07. The van der Waals surface area contributed by atoms with Crippen molar-refractivity contribution in [3.05, 3.63) is 28.5 Å². The summed E-state index contributed by atoms with van der Waals surface area (Å²) < 4.78 is 1.90. The Morgan fingerprint density at radius 3 is 2.71 bits per heavy atom. The maximum atomic E-state index is 6.10. The number of nitrogens with one attached hydrogen (secondary N) is 1. The quantitative estimate of drug-likeness (QED) is 0.941. The van der Waals surface area contributed by atoms with E-state index in [0.29, 0.717) is 20.9 Å². The van der Waals surface area contributed by atoms with Crippen molar-refractivity contribution in [3.8, 4) is 0 Å². The number of imidazole rings is 1. The van der Waals surface area contributed by atoms with Crippen LogP contribution in [0.25, 0.3) is 0 Å². The van der Waals surface area contributed by atoms with Crippen LogP contribution in [0.15, 0.2) is 28.6 Å². The number of rotatable bonds is 3. The lowest BCUT2D eigenvalue weighted by atomic mass is 10.4. The van der Waals surface area contributed by atoms with Gasteiger partial charge in [0.05, 0.1) is 10.0 Å². The van der Waals surface area contributed by atoms with Gasteiger partial charge in [-0.05, 0) is 17.8 Å². The van der Waals surface area contributed by atoms with Gasteiger partial charge in [-0.15, -0.1) is 0 Å². The van der Waals surface area contributed by atoms with Crippen molar-refractivity contribution in [1.82, 2.24) is 14.5 Å². The first kappa shape index (κ1) is 12.5. The first-order chi connectivity index (χ1) is 8.11. The molecular formula is C10H10Cl2N4S. The molecule has 0 saturated carbocycles. The second-order valence-electron chi connectivity index (χ2n) is 3.28. The Bertz CT molecular complexity index is 541. The molecule has 0 saturated heterocycles. The van der Waals surface area contributed by atoms with E-state index >= 15 is 0 Å². The maximum absolute atomic E-state index is 6.10. The molecule has 0 bridgehead atoms. The predicted octanol–water partition coefficient (Wildman–Crippen LogP) is 3.31. The van der Waals surface area contributed by atoms with E-state index in [1.807, 2.05) is 17.8 Å². The minimum absolute atomic E-state index is 0.502. The zero-order valence-electron chi connectivity index (χ0n) is 9.24. The Labute approximate surface area is 113 Å². The fourth-order valence-electron chi connectivity index (χ4n) is 1.23. The highest BCUT2D eigenvalue weighted by Crippen LogP contribution is 2.34. The van der Waals surface area contributed by atoms with Gasteiger partial charge in [-0.2, -0.15) is 0 Å². The summed E-state index contributed by atoms with van der Waals surface area (Å²) in [6, 6.07) is 1.67. The van der Waals surface area contributed by atoms with Gasteiger partial charge in [0.1, 0.15) is 10.8 Å². The molecule has 0 spiro atoms. The van der Waals surface area contributed by atoms with E-state index in [1.54, 1.807) is 19.3 Å². The zero-order chi connectivity index (χ0) is 12.4. The Morgan fingerprint density at radius 2 is 2.12 bits per heavy atom. The third-order valence-corrected chi connectivity index (χ3v) is 3.87. The number of hydrogen-bond donors (Lipinski definition) is 1. The fourth-order valence-corrected chi connectivity index (χ4v) is 2.59. The third-order valence-electron chi connectivity index (χ3n) is 2.10. The molecule has 7 heteroatoms. The number of halogens is 2. The van der Waals surface area contributed by atoms with Crippen molar-refractivity contribution < 1.29 is 0 Å². The van der Waals surface area contributed by atoms with E-state index in [2.05, 4.69) is 15.3 Å². The Morgan fingerprint density at radius 1 is 1.35 bits per heavy atom. The fraction of sp³-hybridized carbons (Fsp3) is 0.200. The molecule has 1 N–H and O–H groups in total. The molecule has 2 heterocycles. The smallest absolute Gasteiger partial charge is 0.174 e. The average molecular weight is 289 g/mol. The highest BCUT2D eigenvalue weighted by molar-refractivity contribution is 7.99. The Kier molecular flexibility index (Phi) is 3.81. The molecular weight excluding hydrogens is 279 g/mol. The van der Waals surface area contributed by atoms with Gasteiger partial charge in [-0.25, -0.2) is 9.97 Å². The molecule has 90 valence electrons. The number of pyridine rings is 1. The first-order valence-electron chi connectivity index (χ1n) is 4.80. The number of hydrogen-bond acceptors (Lipinski definition) is 4. The summed E-state index contributed by atoms with van der Waals surface area (Å²) in [6.07, 6.45) is 3.59. The topological polar surface area (TPSA) is 42.7 Å². The summed E-state index contributed by atoms with van der Waals surface area (Å²) in [4.78, 5) is 8.54. The Hall–Kier alpha value is -0.910. The van der Waals surface area contributed by atoms with Gasteiger partial charge in [0.2, 0.25) is 0 Å². The van der Waals surface area contributed by atoms with Gasteiger partial charge in [0.25, 0.3) is 0 Å². The molecule has 0 atom stereocenters. The van der Waals surface area contributed by atoms with Crippen LogP contribution in [0, 0.1) is 0 Å². The average Bonchev–Trinajstić information content (AvgIpc) is 2.68. The van der Waals surface area contributed by atoms with Crippen LogP contribution in [0.4, 0.5) is 5.82 Å². The monoisotopic (exact) mass is 288 g/mol. The van der Waals surface area contributed by atoms with Crippen molar-refractivity contribution in [2.45, 2.75) is 10.2 Å². The molecule has 0 fully saturated rings. The summed E-state index contributed by atoms with van der Waals surface area (Å²) in [5.41, 5.74) is 0. The van der Waals surface area contributed by atoms with Crippen LogP contribution in [0.5, 0.6) is 0 Å². The highest BCUT2D eigenvalue weighted by atomic mass is 35.5. The van der Waals surface area contributed by atoms with Crippen molar-refractivity contribution in [3.63, 3.8) is 0 Å². The summed E-state index contributed by atoms with van der Waals surface area (Å²) in [5.74, 6) is 0.604. The van der Waals surface area contributed by atoms with E-state index in [9.17, 15) is 0 Å². The van der Waals surface area contributed by atoms with E-state index in [-0.39, 0.29) is 0 Å². The highest BCUT2D eigenvalue weighted by Gasteiger charge is 2.11. The van der Waals surface area contributed by atoms with Crippen LogP contribution in [0.2, 0.25) is 10.0 Å². The molecule has 0 aliphatic heterocycles. The van der Waals surface area contributed by atoms with Crippen LogP contribution in [0.3, 0.4) is 0 Å². The molecule has 2 aromatic heterocycles. The molecule has 0 aliphatic carbocycles. The van der Waals surface area contributed by atoms with Gasteiger partial charge in [-0.1, -0.05) is 23.2 Å². The molecule has 2 aromatic rings. The van der Waals surface area contributed by atoms with Gasteiger partial charge in [-0.3, -0.25) is 0 Å². The normalized spacial score (nSPS) is 10.6. The summed E-state index contributed by atoms with van der Waals surface area (Å²) in [6.45, 7) is 0. The number of nitrogens with zero attached hydrogens (tertiary/aromatic N) is 3. The second kappa shape index (κ2) is 5.16. The van der Waals surface area contributed by atoms with Crippen molar-refractivity contribution in [1.29, 1.82) is 0 Å². The summed E-state index contributed by atoms with van der Waals surface area (Å²) >= 11 is 13.5. The lowest BCUT2D eigenvalue weighted by molar-refractivity contribution is 0.789. The molecule has 17 heavy (non-hydrogen) atoms. The lowest BCUT2D eigenvalue weighted by Crippen LogP contribution is -1.96. The van der Waals surface area contributed by atoms with Crippen LogP contribution >= 0.6 is 35.0 Å². The number of aromatic nitrogens is 3. The molecule has 4 nitrogen and oxygen atoms in total. The zero-order valence-corrected chi connectivity index (χ0v) is 11.6. The number of anilines is 1. The van der Waals surface area contributed by atoms with Gasteiger partial charge in [0.15, 0.2) is 5.16 Å². The SMILES string of the molecule is CNc1nc(Sc2nccn2C)c(Cl)cc1Cl. The molecule has 0 unspecified atom stereocenters. The standard InChI is InChI=1S/C10H10Cl2N4S/c1-13-8-6(11)5-7(12)9(15-8)17-10-14-3-4-16(10)2/h3-5H,1-2H3,(H,13,15). The van der Waals surface area contributed by atoms with Crippen LogP contribution in [-0.2, 0) is 7.05 Å². The second-order valence-corrected chi connectivity index (χ2v) is 5.05. The van der Waals surface area contributed by atoms with Crippen molar-refractivity contribution in [2.75, 3.05) is 12.4 Å². The minimum Gasteiger partial charge on any atom is -0.372 e. The van der Waals surface area contributed by atoms with Crippen LogP contribution in [-0.4, -0.2) is 21.6 Å². The van der Waals surface area contributed by atoms with E-state index in [4.69, 9.17) is 23.2 Å². The van der Waals surface area contributed by atoms with Gasteiger partial charge < -0.3 is 9.88 Å². The first-order valence-corrected chi connectivity index (χ1v) is 6.38. The maximum Gasteiger partial charge on any atom is 0.174 e. The van der Waals surface area contributed by atoms with E-state index in [0.717, 1.165) is 5.16 Å². The van der Waals surface area contributed by atoms with Crippen LogP contribution < -0.4 is 5.32 Å². The summed E-state index contributed by atoms with van der Waals surface area (Å²) in [7, 11) is 3.68. The molecule has 0 aliphatic rings. The molecule has 0 amide bonds. The summed E-state index contributed by atoms with van der Waals surface area (Å²) in [5, 5.41) is 5.43. The van der Waals surface area contributed by atoms with E-state index < -0.39 is 0 Å². The minimum atomic E-state index is 0.502. The molecule has 0 radical (unpaired) electrons. The third kappa shape index (κ3) is 2.68. The van der Waals surface area contributed by atoms with Gasteiger partial charge in [0, 0.05) is 26.5 Å². The van der Waals surface area contributed by atoms with Crippen LogP contribution in [0.1, 0.15) is 0 Å². The predicted molar refractivity (Wildman–Crippen MR) is 71.1 cm³/mol.